The van der Waals surface area contributed by atoms with Gasteiger partial charge in [0, 0.05) is 18.2 Å². The van der Waals surface area contributed by atoms with Gasteiger partial charge in [-0.15, -0.1) is 12.4 Å². The van der Waals surface area contributed by atoms with Crippen molar-refractivity contribution in [2.45, 2.75) is 31.2 Å². The Balaban J connectivity index is 0.00000144. The summed E-state index contributed by atoms with van der Waals surface area (Å²) in [6.45, 7) is 1.44. The van der Waals surface area contributed by atoms with E-state index in [1.807, 2.05) is 12.1 Å². The first kappa shape index (κ1) is 14.2. The van der Waals surface area contributed by atoms with E-state index < -0.39 is 0 Å². The number of rotatable bonds is 4. The maximum absolute atomic E-state index is 6.20. The monoisotopic (exact) mass is 257 g/mol. The van der Waals surface area contributed by atoms with Crippen LogP contribution in [0.5, 0.6) is 5.75 Å². The molecule has 0 bridgehead atoms. The van der Waals surface area contributed by atoms with E-state index in [1.54, 1.807) is 6.20 Å². The lowest BCUT2D eigenvalue weighted by atomic mass is 9.88. The van der Waals surface area contributed by atoms with Crippen LogP contribution < -0.4 is 16.2 Å². The summed E-state index contributed by atoms with van der Waals surface area (Å²) in [5.41, 5.74) is 12.7. The molecule has 1 unspecified atom stereocenters. The minimum absolute atomic E-state index is 0. The van der Waals surface area contributed by atoms with Gasteiger partial charge in [0.1, 0.15) is 5.75 Å². The zero-order valence-corrected chi connectivity index (χ0v) is 10.7. The number of hydrogen-bond acceptors (Lipinski definition) is 4. The largest absolute Gasteiger partial charge is 0.492 e. The summed E-state index contributed by atoms with van der Waals surface area (Å²) in [7, 11) is 0. The summed E-state index contributed by atoms with van der Waals surface area (Å²) >= 11 is 0. The molecule has 0 saturated heterocycles. The number of halogens is 1. The van der Waals surface area contributed by atoms with E-state index in [2.05, 4.69) is 4.98 Å². The minimum Gasteiger partial charge on any atom is -0.492 e. The van der Waals surface area contributed by atoms with Gasteiger partial charge in [0.05, 0.1) is 12.3 Å². The molecule has 0 fully saturated rings. The third kappa shape index (κ3) is 3.31. The highest BCUT2D eigenvalue weighted by molar-refractivity contribution is 5.85. The lowest BCUT2D eigenvalue weighted by Crippen LogP contribution is -2.33. The molecule has 5 heteroatoms. The predicted molar refractivity (Wildman–Crippen MR) is 70.6 cm³/mol. The number of hydrogen-bond donors (Lipinski definition) is 2. The van der Waals surface area contributed by atoms with Gasteiger partial charge in [-0.2, -0.15) is 0 Å². The van der Waals surface area contributed by atoms with Crippen molar-refractivity contribution in [3.8, 4) is 5.75 Å². The van der Waals surface area contributed by atoms with Crippen molar-refractivity contribution < 1.29 is 4.74 Å². The van der Waals surface area contributed by atoms with E-state index in [1.165, 1.54) is 0 Å². The second kappa shape index (κ2) is 6.79. The molecular weight excluding hydrogens is 238 g/mol. The third-order valence-corrected chi connectivity index (χ3v) is 3.10. The zero-order valence-electron chi connectivity index (χ0n) is 9.84. The molecule has 96 valence electrons. The number of pyridine rings is 1. The molecule has 1 aliphatic rings. The lowest BCUT2D eigenvalue weighted by Gasteiger charge is -2.29. The molecule has 0 radical (unpaired) electrons. The Bertz CT molecular complexity index is 348. The number of nitrogens with two attached hydrogens (primary N) is 2. The van der Waals surface area contributed by atoms with Crippen LogP contribution in [0.1, 0.15) is 30.9 Å². The quantitative estimate of drug-likeness (QED) is 0.856. The molecule has 2 heterocycles. The number of ether oxygens (including phenoxy) is 1. The molecule has 0 aromatic carbocycles. The van der Waals surface area contributed by atoms with Crippen LogP contribution in [0.15, 0.2) is 18.3 Å². The number of aromatic nitrogens is 1. The van der Waals surface area contributed by atoms with Gasteiger partial charge >= 0.3 is 0 Å². The molecule has 4 N–H and O–H groups in total. The first-order chi connectivity index (χ1) is 7.83. The fraction of sp³-hybridized carbons (Fsp3) is 0.583. The van der Waals surface area contributed by atoms with Crippen LogP contribution >= 0.6 is 12.4 Å². The summed E-state index contributed by atoms with van der Waals surface area (Å²) in [6, 6.07) is 4.00. The molecule has 1 aromatic heterocycles. The topological polar surface area (TPSA) is 74.2 Å². The molecule has 0 saturated carbocycles. The minimum atomic E-state index is 0. The average molecular weight is 258 g/mol. The molecule has 4 nitrogen and oxygen atoms in total. The Morgan fingerprint density at radius 3 is 3.12 bits per heavy atom. The SMILES string of the molecule is Cl.NCCC[C@H](N)C1CCOc2cccnc21. The highest BCUT2D eigenvalue weighted by Gasteiger charge is 2.27. The van der Waals surface area contributed by atoms with Crippen molar-refractivity contribution in [3.63, 3.8) is 0 Å². The standard InChI is InChI=1S/C12H19N3O.ClH/c13-6-1-3-10(14)9-5-8-16-11-4-2-7-15-12(9)11;/h2,4,7,9-10H,1,3,5-6,8,13-14H2;1H/t9?,10-;/m0./s1. The lowest BCUT2D eigenvalue weighted by molar-refractivity contribution is 0.247. The Kier molecular flexibility index (Phi) is 5.68. The van der Waals surface area contributed by atoms with Crippen molar-refractivity contribution in [1.29, 1.82) is 0 Å². The third-order valence-electron chi connectivity index (χ3n) is 3.10. The van der Waals surface area contributed by atoms with Gasteiger partial charge in [-0.05, 0) is 37.9 Å². The van der Waals surface area contributed by atoms with E-state index in [9.17, 15) is 0 Å². The zero-order chi connectivity index (χ0) is 11.4. The van der Waals surface area contributed by atoms with Crippen molar-refractivity contribution in [2.24, 2.45) is 11.5 Å². The van der Waals surface area contributed by atoms with Crippen LogP contribution in [0.3, 0.4) is 0 Å². The molecule has 17 heavy (non-hydrogen) atoms. The second-order valence-electron chi connectivity index (χ2n) is 4.23. The van der Waals surface area contributed by atoms with Crippen molar-refractivity contribution >= 4 is 12.4 Å². The molecule has 1 aliphatic heterocycles. The predicted octanol–water partition coefficient (Wildman–Crippen LogP) is 1.44. The highest BCUT2D eigenvalue weighted by atomic mass is 35.5. The molecule has 2 rings (SSSR count). The molecule has 2 atom stereocenters. The van der Waals surface area contributed by atoms with E-state index in [4.69, 9.17) is 16.2 Å². The van der Waals surface area contributed by atoms with Crippen LogP contribution in [-0.4, -0.2) is 24.2 Å². The number of nitrogens with zero attached hydrogens (tertiary/aromatic N) is 1. The normalized spacial score (nSPS) is 19.8. The Morgan fingerprint density at radius 1 is 1.53 bits per heavy atom. The van der Waals surface area contributed by atoms with E-state index in [0.717, 1.165) is 37.3 Å². The Hall–Kier alpha value is -0.840. The van der Waals surface area contributed by atoms with Gasteiger partial charge in [-0.3, -0.25) is 4.98 Å². The van der Waals surface area contributed by atoms with Gasteiger partial charge in [-0.25, -0.2) is 0 Å². The van der Waals surface area contributed by atoms with Crippen LogP contribution in [0.4, 0.5) is 0 Å². The molecule has 0 amide bonds. The fourth-order valence-electron chi connectivity index (χ4n) is 2.21. The highest BCUT2D eigenvalue weighted by Crippen LogP contribution is 2.34. The first-order valence-electron chi connectivity index (χ1n) is 5.86. The molecule has 0 aliphatic carbocycles. The van der Waals surface area contributed by atoms with Crippen molar-refractivity contribution in [2.75, 3.05) is 13.2 Å². The smallest absolute Gasteiger partial charge is 0.141 e. The summed E-state index contributed by atoms with van der Waals surface area (Å²) in [4.78, 5) is 4.39. The van der Waals surface area contributed by atoms with Crippen LogP contribution in [0, 0.1) is 0 Å². The first-order valence-corrected chi connectivity index (χ1v) is 5.86. The summed E-state index contributed by atoms with van der Waals surface area (Å²) in [5.74, 6) is 1.21. The average Bonchev–Trinajstić information content (AvgIpc) is 2.35. The van der Waals surface area contributed by atoms with E-state index >= 15 is 0 Å². The number of fused-ring (bicyclic) bond motifs is 1. The van der Waals surface area contributed by atoms with E-state index in [0.29, 0.717) is 12.5 Å². The molecule has 1 aromatic rings. The summed E-state index contributed by atoms with van der Waals surface area (Å²) in [5, 5.41) is 0. The van der Waals surface area contributed by atoms with Gasteiger partial charge in [0.15, 0.2) is 0 Å². The van der Waals surface area contributed by atoms with Gasteiger partial charge < -0.3 is 16.2 Å². The van der Waals surface area contributed by atoms with Gasteiger partial charge in [-0.1, -0.05) is 0 Å². The second-order valence-corrected chi connectivity index (χ2v) is 4.23. The summed E-state index contributed by atoms with van der Waals surface area (Å²) < 4.78 is 5.57. The van der Waals surface area contributed by atoms with Crippen molar-refractivity contribution in [3.05, 3.63) is 24.0 Å². The van der Waals surface area contributed by atoms with Crippen LogP contribution in [0.2, 0.25) is 0 Å². The Labute approximate surface area is 108 Å². The maximum atomic E-state index is 6.20. The van der Waals surface area contributed by atoms with Gasteiger partial charge in [0.2, 0.25) is 0 Å². The molecule has 0 spiro atoms. The van der Waals surface area contributed by atoms with Crippen LogP contribution in [0.25, 0.3) is 0 Å². The molecular formula is C12H20ClN3O. The van der Waals surface area contributed by atoms with Gasteiger partial charge in [0.25, 0.3) is 0 Å². The van der Waals surface area contributed by atoms with E-state index in [-0.39, 0.29) is 18.4 Å². The maximum Gasteiger partial charge on any atom is 0.141 e. The van der Waals surface area contributed by atoms with Crippen molar-refractivity contribution in [1.82, 2.24) is 4.98 Å². The fourth-order valence-corrected chi connectivity index (χ4v) is 2.21. The Morgan fingerprint density at radius 2 is 2.35 bits per heavy atom. The summed E-state index contributed by atoms with van der Waals surface area (Å²) in [6.07, 6.45) is 4.68. The van der Waals surface area contributed by atoms with Crippen LogP contribution in [-0.2, 0) is 0 Å².